The number of anilines is 1. The summed E-state index contributed by atoms with van der Waals surface area (Å²) in [6.45, 7) is 0. The van der Waals surface area contributed by atoms with E-state index in [1.807, 2.05) is 66.2 Å². The highest BCUT2D eigenvalue weighted by Crippen LogP contribution is 2.26. The fourth-order valence-electron chi connectivity index (χ4n) is 2.54. The first-order chi connectivity index (χ1) is 11.1. The van der Waals surface area contributed by atoms with Crippen molar-refractivity contribution < 1.29 is 0 Å². The molecule has 0 saturated heterocycles. The van der Waals surface area contributed by atoms with Crippen LogP contribution in [0, 0.1) is 11.3 Å². The van der Waals surface area contributed by atoms with E-state index in [0.29, 0.717) is 10.7 Å². The number of halogens is 2. The Labute approximate surface area is 152 Å². The predicted octanol–water partition coefficient (Wildman–Crippen LogP) is 4.70. The molecule has 2 heterocycles. The number of nitrogens with zero attached hydrogens (tertiary/aromatic N) is 4. The Bertz CT molecular complexity index is 936. The van der Waals surface area contributed by atoms with E-state index < -0.39 is 0 Å². The van der Waals surface area contributed by atoms with Gasteiger partial charge in [-0.05, 0) is 36.4 Å². The van der Waals surface area contributed by atoms with Crippen LogP contribution in [0.2, 0.25) is 5.02 Å². The summed E-state index contributed by atoms with van der Waals surface area (Å²) in [4.78, 5) is 6.16. The first kappa shape index (κ1) is 17.9. The Morgan fingerprint density at radius 2 is 2.08 bits per heavy atom. The van der Waals surface area contributed by atoms with Gasteiger partial charge in [-0.15, -0.1) is 12.4 Å². The van der Waals surface area contributed by atoms with Crippen LogP contribution in [0.25, 0.3) is 22.7 Å². The second-order valence-corrected chi connectivity index (χ2v) is 5.80. The van der Waals surface area contributed by atoms with Crippen LogP contribution in [0.4, 0.5) is 5.69 Å². The maximum atomic E-state index is 9.60. The SMILES string of the molecule is CN(C)c1ccncc1C=C(C#N)n1ccc2cc(Cl)ccc21.Cl. The zero-order valence-corrected chi connectivity index (χ0v) is 14.8. The maximum absolute atomic E-state index is 9.60. The van der Waals surface area contributed by atoms with Gasteiger partial charge < -0.3 is 9.47 Å². The number of pyridine rings is 1. The monoisotopic (exact) mass is 358 g/mol. The van der Waals surface area contributed by atoms with Crippen LogP contribution >= 0.6 is 24.0 Å². The van der Waals surface area contributed by atoms with Crippen molar-refractivity contribution in [2.45, 2.75) is 0 Å². The van der Waals surface area contributed by atoms with Crippen LogP contribution in [0.1, 0.15) is 5.56 Å². The molecule has 6 heteroatoms. The zero-order valence-electron chi connectivity index (χ0n) is 13.3. The molecule has 0 saturated carbocycles. The summed E-state index contributed by atoms with van der Waals surface area (Å²) >= 11 is 6.02. The normalized spacial score (nSPS) is 11.0. The molecule has 3 aromatic rings. The summed E-state index contributed by atoms with van der Waals surface area (Å²) in [7, 11) is 3.93. The van der Waals surface area contributed by atoms with Gasteiger partial charge in [-0.25, -0.2) is 0 Å². The molecule has 24 heavy (non-hydrogen) atoms. The van der Waals surface area contributed by atoms with Gasteiger partial charge in [0, 0.05) is 54.3 Å². The summed E-state index contributed by atoms with van der Waals surface area (Å²) in [6.07, 6.45) is 7.22. The number of rotatable bonds is 3. The number of fused-ring (bicyclic) bond motifs is 1. The van der Waals surface area contributed by atoms with Gasteiger partial charge in [0.2, 0.25) is 0 Å². The van der Waals surface area contributed by atoms with Gasteiger partial charge in [-0.1, -0.05) is 11.6 Å². The number of hydrogen-bond acceptors (Lipinski definition) is 3. The topological polar surface area (TPSA) is 44.9 Å². The van der Waals surface area contributed by atoms with Crippen molar-refractivity contribution in [1.82, 2.24) is 9.55 Å². The van der Waals surface area contributed by atoms with E-state index in [2.05, 4.69) is 11.1 Å². The lowest BCUT2D eigenvalue weighted by Crippen LogP contribution is -2.10. The first-order valence-corrected chi connectivity index (χ1v) is 7.48. The second kappa shape index (κ2) is 7.39. The molecule has 4 nitrogen and oxygen atoms in total. The highest BCUT2D eigenvalue weighted by atomic mass is 35.5. The van der Waals surface area contributed by atoms with Gasteiger partial charge >= 0.3 is 0 Å². The van der Waals surface area contributed by atoms with E-state index in [1.54, 1.807) is 12.4 Å². The molecule has 0 atom stereocenters. The smallest absolute Gasteiger partial charge is 0.125 e. The average Bonchev–Trinajstić information content (AvgIpc) is 2.95. The van der Waals surface area contributed by atoms with Crippen LogP contribution in [0.5, 0.6) is 0 Å². The average molecular weight is 359 g/mol. The van der Waals surface area contributed by atoms with Crippen molar-refractivity contribution in [3.05, 3.63) is 59.5 Å². The molecule has 1 aromatic carbocycles. The minimum Gasteiger partial charge on any atom is -0.377 e. The predicted molar refractivity (Wildman–Crippen MR) is 103 cm³/mol. The van der Waals surface area contributed by atoms with E-state index in [1.165, 1.54) is 0 Å². The Morgan fingerprint density at radius 1 is 1.29 bits per heavy atom. The fourth-order valence-corrected chi connectivity index (χ4v) is 2.72. The van der Waals surface area contributed by atoms with Crippen molar-refractivity contribution in [2.75, 3.05) is 19.0 Å². The number of allylic oxidation sites excluding steroid dienone is 1. The summed E-state index contributed by atoms with van der Waals surface area (Å²) in [5.41, 5.74) is 3.37. The Hall–Kier alpha value is -2.48. The zero-order chi connectivity index (χ0) is 16.4. The van der Waals surface area contributed by atoms with E-state index in [9.17, 15) is 5.26 Å². The largest absolute Gasteiger partial charge is 0.377 e. The Morgan fingerprint density at radius 3 is 2.79 bits per heavy atom. The molecule has 0 radical (unpaired) electrons. The summed E-state index contributed by atoms with van der Waals surface area (Å²) in [5.74, 6) is 0. The van der Waals surface area contributed by atoms with Gasteiger partial charge in [0.05, 0.1) is 5.52 Å². The molecule has 0 amide bonds. The molecular formula is C18H16Cl2N4. The first-order valence-electron chi connectivity index (χ1n) is 7.10. The van der Waals surface area contributed by atoms with Crippen LogP contribution < -0.4 is 4.90 Å². The molecule has 0 fully saturated rings. The van der Waals surface area contributed by atoms with Gasteiger partial charge in [0.15, 0.2) is 0 Å². The standard InChI is InChI=1S/C18H15ClN4.ClH/c1-22(2)17-5-7-21-12-14(17)10-16(11-20)23-8-6-13-9-15(19)3-4-18(13)23;/h3-10,12H,1-2H3;1H. The number of hydrogen-bond donors (Lipinski definition) is 0. The summed E-state index contributed by atoms with van der Waals surface area (Å²) in [6, 6.07) is 11.8. The number of aromatic nitrogens is 2. The van der Waals surface area contributed by atoms with Crippen LogP contribution in [-0.4, -0.2) is 23.6 Å². The third-order valence-corrected chi connectivity index (χ3v) is 3.86. The molecule has 0 spiro atoms. The van der Waals surface area contributed by atoms with Crippen LogP contribution in [0.3, 0.4) is 0 Å². The number of benzene rings is 1. The van der Waals surface area contributed by atoms with Crippen molar-refractivity contribution >= 4 is 52.4 Å². The van der Waals surface area contributed by atoms with E-state index in [4.69, 9.17) is 11.6 Å². The Kier molecular flexibility index (Phi) is 5.50. The van der Waals surface area contributed by atoms with Gasteiger partial charge in [-0.3, -0.25) is 4.98 Å². The highest BCUT2D eigenvalue weighted by Gasteiger charge is 2.08. The molecular weight excluding hydrogens is 343 g/mol. The molecule has 0 aliphatic heterocycles. The quantitative estimate of drug-likeness (QED) is 0.637. The molecule has 0 aliphatic rings. The van der Waals surface area contributed by atoms with Gasteiger partial charge in [0.1, 0.15) is 11.8 Å². The second-order valence-electron chi connectivity index (χ2n) is 5.36. The molecule has 2 aromatic heterocycles. The summed E-state index contributed by atoms with van der Waals surface area (Å²) < 4.78 is 1.86. The van der Waals surface area contributed by atoms with Crippen molar-refractivity contribution in [3.8, 4) is 6.07 Å². The molecule has 3 rings (SSSR count). The third-order valence-electron chi connectivity index (χ3n) is 3.63. The van der Waals surface area contributed by atoms with Gasteiger partial charge in [-0.2, -0.15) is 5.26 Å². The Balaban J connectivity index is 0.00000208. The number of nitriles is 1. The molecule has 0 aliphatic carbocycles. The maximum Gasteiger partial charge on any atom is 0.125 e. The van der Waals surface area contributed by atoms with Crippen LogP contribution in [0.15, 0.2) is 48.9 Å². The van der Waals surface area contributed by atoms with Gasteiger partial charge in [0.25, 0.3) is 0 Å². The highest BCUT2D eigenvalue weighted by molar-refractivity contribution is 6.31. The minimum absolute atomic E-state index is 0. The molecule has 122 valence electrons. The molecule has 0 unspecified atom stereocenters. The van der Waals surface area contributed by atoms with E-state index in [0.717, 1.165) is 22.2 Å². The van der Waals surface area contributed by atoms with Crippen molar-refractivity contribution in [1.29, 1.82) is 5.26 Å². The lowest BCUT2D eigenvalue weighted by atomic mass is 10.2. The third kappa shape index (κ3) is 3.38. The van der Waals surface area contributed by atoms with Crippen molar-refractivity contribution in [3.63, 3.8) is 0 Å². The summed E-state index contributed by atoms with van der Waals surface area (Å²) in [5, 5.41) is 11.3. The fraction of sp³-hybridized carbons (Fsp3) is 0.111. The van der Waals surface area contributed by atoms with Crippen molar-refractivity contribution in [2.24, 2.45) is 0 Å². The molecule has 0 N–H and O–H groups in total. The molecule has 0 bridgehead atoms. The lowest BCUT2D eigenvalue weighted by Gasteiger charge is -2.15. The minimum atomic E-state index is 0. The van der Waals surface area contributed by atoms with E-state index >= 15 is 0 Å². The van der Waals surface area contributed by atoms with E-state index in [-0.39, 0.29) is 12.4 Å². The van der Waals surface area contributed by atoms with Crippen LogP contribution in [-0.2, 0) is 0 Å². The lowest BCUT2D eigenvalue weighted by molar-refractivity contribution is 1.11.